The number of rotatable bonds is 16. The lowest BCUT2D eigenvalue weighted by molar-refractivity contribution is -0.383. The lowest BCUT2D eigenvalue weighted by Crippen LogP contribution is -2.76. The Labute approximate surface area is 494 Å². The SMILES string of the molecule is CC[C@@H](C)C(=O)O[C@H]1[C@H](OC(=O)c2ccccc2)C(C)(C)C[C@H]2C3=CC[C@@H]4[C@@]5(C)CC[C@H](O[C@@H]6O[C@H](C(=O)O)[C@@H](O[C@@H]7O[C@@H](CO)[C@H](O)[C@H]7O)[C@H](OC(C)=O)[C@H]6O[C@@H]6O[C@H](CO)[C@@H](O)[C@H](O)[C@H]6O)C(C)(C)[C@@H]5CC[C@@]4(C)[C@]3(C)[C@@H](O)[C@@H](O)[C@]21CO. The van der Waals surface area contributed by atoms with Gasteiger partial charge in [0.2, 0.25) is 0 Å². The summed E-state index contributed by atoms with van der Waals surface area (Å²) in [6.45, 7) is 16.4. The summed E-state index contributed by atoms with van der Waals surface area (Å²) >= 11 is 0. The van der Waals surface area contributed by atoms with Crippen LogP contribution in [-0.4, -0.2) is 216 Å². The van der Waals surface area contributed by atoms with Gasteiger partial charge >= 0.3 is 23.9 Å². The third kappa shape index (κ3) is 10.7. The number of aliphatic hydroxyl groups excluding tert-OH is 10. The van der Waals surface area contributed by atoms with Crippen LogP contribution in [-0.2, 0) is 57.0 Å². The molecule has 3 aliphatic heterocycles. The van der Waals surface area contributed by atoms with Crippen molar-refractivity contribution in [1.82, 2.24) is 0 Å². The van der Waals surface area contributed by atoms with Gasteiger partial charge in [-0.3, -0.25) is 9.59 Å². The number of aliphatic hydroxyl groups is 10. The number of ether oxygens (including phenoxy) is 9. The number of hydrogen-bond donors (Lipinski definition) is 11. The predicted octanol–water partition coefficient (Wildman–Crippen LogP) is 1.26. The van der Waals surface area contributed by atoms with E-state index in [1.54, 1.807) is 37.3 Å². The summed E-state index contributed by atoms with van der Waals surface area (Å²) in [7, 11) is 0. The molecule has 9 rings (SSSR count). The van der Waals surface area contributed by atoms with Crippen molar-refractivity contribution in [2.24, 2.45) is 56.2 Å². The highest BCUT2D eigenvalue weighted by Gasteiger charge is 2.76. The van der Waals surface area contributed by atoms with E-state index in [4.69, 9.17) is 42.6 Å². The van der Waals surface area contributed by atoms with Gasteiger partial charge in [-0.2, -0.15) is 0 Å². The van der Waals surface area contributed by atoms with Crippen LogP contribution in [0.2, 0.25) is 0 Å². The molecule has 24 heteroatoms. The summed E-state index contributed by atoms with van der Waals surface area (Å²) in [5.74, 6) is -5.54. The molecule has 4 saturated carbocycles. The summed E-state index contributed by atoms with van der Waals surface area (Å²) in [4.78, 5) is 54.4. The maximum atomic E-state index is 14.0. The van der Waals surface area contributed by atoms with Crippen LogP contribution < -0.4 is 0 Å². The van der Waals surface area contributed by atoms with E-state index in [0.717, 1.165) is 12.5 Å². The minimum Gasteiger partial charge on any atom is -0.479 e. The highest BCUT2D eigenvalue weighted by molar-refractivity contribution is 5.89. The summed E-state index contributed by atoms with van der Waals surface area (Å²) in [6, 6.07) is 8.37. The molecule has 24 nitrogen and oxygen atoms in total. The molecule has 3 saturated heterocycles. The summed E-state index contributed by atoms with van der Waals surface area (Å²) < 4.78 is 55.4. The lowest BCUT2D eigenvalue weighted by Gasteiger charge is -2.73. The number of allylic oxidation sites excluding steroid dienone is 1. The zero-order chi connectivity index (χ0) is 62.4. The largest absolute Gasteiger partial charge is 0.479 e. The molecule has 7 fully saturated rings. The first kappa shape index (κ1) is 65.6. The standard InChI is InChI=1S/C61H90O24/c1-11-27(2)51(75)85-49-48(84-52(76)29-15-13-12-14-16-29)56(4,5)23-31-30-17-18-35-58(8)21-20-36(57(6,7)34(58)19-22-59(35,9)60(30,10)46(71)47(72)61(31,49)26-64)80-55-45(83-54-41(70)39(68)37(66)32(24-62)78-54)43(77-28(3)65)42(44(82-55)50(73)74)81-53-40(69)38(67)33(25-63)79-53/h12-17,27,31-49,53-55,62-64,66-72H,11,18-26H2,1-10H3,(H,73,74)/t27-,31+,32-,33+,34+,35-,36+,37-,38+,39+,40-,41-,42+,43+,44+,45-,46+,47-,48+,49+,53+,54+,55-,58+,59-,60+,61+/m1/s1. The van der Waals surface area contributed by atoms with E-state index in [1.807, 2.05) is 41.5 Å². The number of esters is 3. The first-order valence-electron chi connectivity index (χ1n) is 29.9. The topological polar surface area (TPSA) is 374 Å². The predicted molar refractivity (Wildman–Crippen MR) is 293 cm³/mol. The van der Waals surface area contributed by atoms with Crippen molar-refractivity contribution in [2.45, 2.75) is 231 Å². The maximum Gasteiger partial charge on any atom is 0.338 e. The molecule has 85 heavy (non-hydrogen) atoms. The molecular weight excluding hydrogens is 1120 g/mol. The van der Waals surface area contributed by atoms with Crippen molar-refractivity contribution in [1.29, 1.82) is 0 Å². The van der Waals surface area contributed by atoms with Crippen LogP contribution in [0.1, 0.15) is 125 Å². The van der Waals surface area contributed by atoms with Crippen molar-refractivity contribution in [3.05, 3.63) is 47.5 Å². The van der Waals surface area contributed by atoms with Crippen LogP contribution in [0.25, 0.3) is 0 Å². The molecule has 27 atom stereocenters. The van der Waals surface area contributed by atoms with E-state index in [-0.39, 0.29) is 23.8 Å². The fraction of sp³-hybridized carbons (Fsp3) is 0.803. The Balaban J connectivity index is 1.05. The van der Waals surface area contributed by atoms with Crippen LogP contribution in [0.3, 0.4) is 0 Å². The molecule has 1 aromatic rings. The monoisotopic (exact) mass is 1210 g/mol. The van der Waals surface area contributed by atoms with Gasteiger partial charge in [-0.05, 0) is 91.1 Å². The molecule has 11 N–H and O–H groups in total. The van der Waals surface area contributed by atoms with Crippen LogP contribution in [0.4, 0.5) is 0 Å². The van der Waals surface area contributed by atoms with Crippen molar-refractivity contribution < 1.29 is 118 Å². The Bertz CT molecular complexity index is 2620. The number of carboxylic acids is 1. The highest BCUT2D eigenvalue weighted by Crippen LogP contribution is 2.76. The van der Waals surface area contributed by atoms with Crippen molar-refractivity contribution >= 4 is 23.9 Å². The van der Waals surface area contributed by atoms with Gasteiger partial charge in [-0.25, -0.2) is 9.59 Å². The van der Waals surface area contributed by atoms with E-state index >= 15 is 0 Å². The fourth-order valence-electron chi connectivity index (χ4n) is 17.0. The van der Waals surface area contributed by atoms with Crippen LogP contribution >= 0.6 is 0 Å². The third-order valence-electron chi connectivity index (χ3n) is 22.2. The zero-order valence-corrected chi connectivity index (χ0v) is 50.0. The Morgan fingerprint density at radius 1 is 0.671 bits per heavy atom. The summed E-state index contributed by atoms with van der Waals surface area (Å²) in [5.41, 5.74) is -4.80. The molecule has 478 valence electrons. The Kier molecular flexibility index (Phi) is 18.7. The molecule has 0 amide bonds. The quantitative estimate of drug-likeness (QED) is 0.0480. The molecule has 0 aromatic heterocycles. The highest BCUT2D eigenvalue weighted by atomic mass is 16.8. The number of aliphatic carboxylic acids is 1. The number of benzene rings is 1. The number of hydrogen-bond acceptors (Lipinski definition) is 23. The van der Waals surface area contributed by atoms with Gasteiger partial charge < -0.3 is 98.8 Å². The van der Waals surface area contributed by atoms with Gasteiger partial charge in [0.05, 0.1) is 55.0 Å². The minimum atomic E-state index is -2.09. The summed E-state index contributed by atoms with van der Waals surface area (Å²) in [6.07, 6.45) is -26.9. The molecule has 5 aliphatic carbocycles. The molecular formula is C61H90O24. The second-order valence-electron chi connectivity index (χ2n) is 27.4. The fourth-order valence-corrected chi connectivity index (χ4v) is 17.0. The molecule has 0 radical (unpaired) electrons. The van der Waals surface area contributed by atoms with E-state index in [9.17, 15) is 75.3 Å². The van der Waals surface area contributed by atoms with E-state index < -0.39 is 205 Å². The van der Waals surface area contributed by atoms with Gasteiger partial charge in [-0.15, -0.1) is 0 Å². The zero-order valence-electron chi connectivity index (χ0n) is 50.0. The average molecular weight is 1210 g/mol. The van der Waals surface area contributed by atoms with Gasteiger partial charge in [0, 0.05) is 17.8 Å². The second-order valence-corrected chi connectivity index (χ2v) is 27.4. The van der Waals surface area contributed by atoms with E-state index in [0.29, 0.717) is 38.5 Å². The van der Waals surface area contributed by atoms with Gasteiger partial charge in [0.1, 0.15) is 54.9 Å². The molecule has 0 spiro atoms. The first-order chi connectivity index (χ1) is 39.8. The average Bonchev–Trinajstić information content (AvgIpc) is 0.931. The second kappa shape index (κ2) is 24.2. The Hall–Kier alpha value is -3.80. The molecule has 3 heterocycles. The Morgan fingerprint density at radius 3 is 1.85 bits per heavy atom. The van der Waals surface area contributed by atoms with Crippen LogP contribution in [0.5, 0.6) is 0 Å². The minimum absolute atomic E-state index is 0.167. The van der Waals surface area contributed by atoms with Crippen molar-refractivity contribution in [3.8, 4) is 0 Å². The molecule has 1 aromatic carbocycles. The lowest BCUT2D eigenvalue weighted by atomic mass is 9.32. The number of carbonyl (C=O) groups excluding carboxylic acids is 3. The Morgan fingerprint density at radius 2 is 1.27 bits per heavy atom. The molecule has 0 bridgehead atoms. The number of carboxylic acid groups (broad SMARTS) is 1. The van der Waals surface area contributed by atoms with Crippen LogP contribution in [0.15, 0.2) is 42.0 Å². The summed E-state index contributed by atoms with van der Waals surface area (Å²) in [5, 5.41) is 123. The smallest absolute Gasteiger partial charge is 0.338 e. The van der Waals surface area contributed by atoms with Crippen LogP contribution in [0, 0.1) is 56.2 Å². The van der Waals surface area contributed by atoms with Crippen molar-refractivity contribution in [2.75, 3.05) is 19.8 Å². The van der Waals surface area contributed by atoms with Crippen molar-refractivity contribution in [3.63, 3.8) is 0 Å². The normalized spacial score (nSPS) is 46.7. The van der Waals surface area contributed by atoms with E-state index in [2.05, 4.69) is 19.9 Å². The van der Waals surface area contributed by atoms with Gasteiger partial charge in [0.25, 0.3) is 0 Å². The molecule has 8 aliphatic rings. The molecule has 0 unspecified atom stereocenters. The van der Waals surface area contributed by atoms with Gasteiger partial charge in [-0.1, -0.05) is 92.2 Å². The van der Waals surface area contributed by atoms with E-state index in [1.165, 1.54) is 0 Å². The number of carbonyl (C=O) groups is 4. The number of fused-ring (bicyclic) bond motifs is 7. The maximum absolute atomic E-state index is 14.0. The van der Waals surface area contributed by atoms with Gasteiger partial charge in [0.15, 0.2) is 43.3 Å². The third-order valence-corrected chi connectivity index (χ3v) is 22.2. The first-order valence-corrected chi connectivity index (χ1v) is 29.9.